The number of hydrogen-bond donors (Lipinski definition) is 6. The van der Waals surface area contributed by atoms with E-state index in [-0.39, 0.29) is 90.7 Å². The van der Waals surface area contributed by atoms with Crippen molar-refractivity contribution in [1.29, 1.82) is 0 Å². The monoisotopic (exact) mass is 1780 g/mol. The second-order valence-corrected chi connectivity index (χ2v) is 39.4. The smallest absolute Gasteiger partial charge is 0.337 e. The molecule has 5 aromatic rings. The molecule has 0 unspecified atom stereocenters. The molecule has 1 aliphatic carbocycles. The van der Waals surface area contributed by atoms with Crippen molar-refractivity contribution in [3.8, 4) is 5.75 Å². The third-order valence-electron chi connectivity index (χ3n) is 26.8. The Balaban J connectivity index is 0.000000209. The summed E-state index contributed by atoms with van der Waals surface area (Å²) in [5.41, 5.74) is 16.3. The van der Waals surface area contributed by atoms with Crippen LogP contribution in [-0.2, 0) is 66.9 Å². The topological polar surface area (TPSA) is 300 Å². The molecule has 708 valence electrons. The molecule has 0 radical (unpaired) electrons. The fourth-order valence-electron chi connectivity index (χ4n) is 17.2. The second-order valence-electron chi connectivity index (χ2n) is 37.4. The van der Waals surface area contributed by atoms with Gasteiger partial charge in [0.25, 0.3) is 0 Å². The lowest BCUT2D eigenvalue weighted by molar-refractivity contribution is -0.357. The third-order valence-corrected chi connectivity index (χ3v) is 28.6. The highest BCUT2D eigenvalue weighted by atomic mass is 32.2. The quantitative estimate of drug-likeness (QED) is 0.0108. The molecule has 1 aromatic heterocycles. The summed E-state index contributed by atoms with van der Waals surface area (Å²) in [7, 11) is -0.575. The van der Waals surface area contributed by atoms with E-state index in [1.165, 1.54) is 75.6 Å². The highest BCUT2D eigenvalue weighted by Crippen LogP contribution is 2.46. The average molecular weight is 1780 g/mol. The van der Waals surface area contributed by atoms with Crippen molar-refractivity contribution in [2.24, 2.45) is 23.7 Å². The zero-order valence-electron chi connectivity index (χ0n) is 80.9. The summed E-state index contributed by atoms with van der Waals surface area (Å²) in [6, 6.07) is 25.0. The summed E-state index contributed by atoms with van der Waals surface area (Å²) in [5.74, 6) is -0.177. The number of carbonyl (C=O) groups is 4. The number of nitrogen functional groups attached to an aromatic ring is 1. The third kappa shape index (κ3) is 30.2. The van der Waals surface area contributed by atoms with Crippen LogP contribution >= 0.6 is 0 Å². The predicted molar refractivity (Wildman–Crippen MR) is 504 cm³/mol. The van der Waals surface area contributed by atoms with Gasteiger partial charge in [-0.1, -0.05) is 102 Å². The first kappa shape index (κ1) is 106. The number of hydrogen-bond acceptors (Lipinski definition) is 22. The van der Waals surface area contributed by atoms with Gasteiger partial charge in [-0.05, 0) is 255 Å². The van der Waals surface area contributed by atoms with Gasteiger partial charge in [0, 0.05) is 123 Å². The van der Waals surface area contributed by atoms with Gasteiger partial charge in [-0.15, -0.1) is 0 Å². The molecule has 7 aliphatic rings. The van der Waals surface area contributed by atoms with E-state index >= 15 is 0 Å². The molecule has 7 N–H and O–H groups in total. The first-order valence-electron chi connectivity index (χ1n) is 47.3. The molecule has 4 aromatic carbocycles. The lowest BCUT2D eigenvalue weighted by Gasteiger charge is -2.44. The zero-order valence-corrected chi connectivity index (χ0v) is 81.8. The van der Waals surface area contributed by atoms with Crippen molar-refractivity contribution in [3.05, 3.63) is 108 Å². The normalized spacial score (nSPS) is 19.2. The minimum Gasteiger partial charge on any atom is -0.497 e. The Morgan fingerprint density at radius 1 is 0.563 bits per heavy atom. The van der Waals surface area contributed by atoms with E-state index in [0.29, 0.717) is 42.4 Å². The molecule has 3 spiro atoms. The minimum atomic E-state index is -3.59. The number of nitrogens with one attached hydrogen (secondary N) is 5. The van der Waals surface area contributed by atoms with Crippen LogP contribution in [-0.4, -0.2) is 184 Å². The number of nitrogens with zero attached hydrogens (tertiary/aromatic N) is 3. The number of methoxy groups -OCH3 is 2. The van der Waals surface area contributed by atoms with E-state index in [9.17, 15) is 27.6 Å². The first-order valence-corrected chi connectivity index (χ1v) is 48.8. The van der Waals surface area contributed by atoms with Crippen molar-refractivity contribution >= 4 is 67.2 Å². The summed E-state index contributed by atoms with van der Waals surface area (Å²) >= 11 is 0. The second kappa shape index (κ2) is 48.7. The Morgan fingerprint density at radius 3 is 1.49 bits per heavy atom. The summed E-state index contributed by atoms with van der Waals surface area (Å²) < 4.78 is 83.4. The van der Waals surface area contributed by atoms with Gasteiger partial charge in [-0.25, -0.2) is 13.2 Å². The van der Waals surface area contributed by atoms with Gasteiger partial charge in [-0.2, -0.15) is 0 Å². The molecule has 6 saturated heterocycles. The van der Waals surface area contributed by atoms with Crippen LogP contribution in [0, 0.1) is 30.6 Å². The molecule has 0 atom stereocenters. The lowest BCUT2D eigenvalue weighted by atomic mass is 9.88. The van der Waals surface area contributed by atoms with E-state index in [1.54, 1.807) is 55.6 Å². The maximum Gasteiger partial charge on any atom is 0.337 e. The average Bonchev–Trinajstić information content (AvgIpc) is 1.52. The molecule has 12 rings (SSSR count). The van der Waals surface area contributed by atoms with Gasteiger partial charge in [0.1, 0.15) is 19.0 Å². The number of hydrazine groups is 1. The Morgan fingerprint density at radius 2 is 1.02 bits per heavy atom. The molecular weight excluding hydrogens is 1620 g/mol. The maximum atomic E-state index is 12.6. The number of esters is 1. The number of pyridine rings is 1. The number of aromatic nitrogens is 1. The number of ether oxygens (including phenoxy) is 10. The Bertz CT molecular complexity index is 4220. The molecule has 7 heterocycles. The van der Waals surface area contributed by atoms with Crippen LogP contribution in [0.15, 0.2) is 107 Å². The first-order chi connectivity index (χ1) is 59.8. The number of rotatable bonds is 30. The predicted octanol–water partition coefficient (Wildman–Crippen LogP) is 20.1. The van der Waals surface area contributed by atoms with E-state index in [1.807, 2.05) is 65.9 Å². The SMILES string of the molecule is CCC(CC)C(=O)NC(C)(C)CCCNc1cc(OC)cc2c(C)ccnc12.CCC(CC)C(=O)NNc1ccc(C(=O)OC)cc1.CCC(CC)C(=O)Nc1ccc(S(=O)(=O)c2ccc(N)cc2)cc1.CCC1(CC)COC2(CCN(C(C)(C)C)CC2)O1.CCC1(CC)COC2(CCN(CC3CCCCC3)CC2)O1.CCC1(CC)COC2(COC(C)(C)OC2)O1. The van der Waals surface area contributed by atoms with Crippen LogP contribution in [0.3, 0.4) is 0 Å². The summed E-state index contributed by atoms with van der Waals surface area (Å²) in [6.45, 7) is 51.7. The number of likely N-dealkylation sites (tertiary alicyclic amines) is 2. The summed E-state index contributed by atoms with van der Waals surface area (Å²) in [5, 5.41) is 10.6. The van der Waals surface area contributed by atoms with Crippen LogP contribution in [0.25, 0.3) is 10.9 Å². The molecule has 1 saturated carbocycles. The van der Waals surface area contributed by atoms with Crippen LogP contribution in [0.4, 0.5) is 22.7 Å². The van der Waals surface area contributed by atoms with Crippen molar-refractivity contribution < 1.29 is 75.0 Å². The Kier molecular flexibility index (Phi) is 41.0. The van der Waals surface area contributed by atoms with E-state index in [2.05, 4.69) is 143 Å². The number of nitrogens with two attached hydrogens (primary N) is 1. The van der Waals surface area contributed by atoms with Gasteiger partial charge < -0.3 is 74.0 Å². The van der Waals surface area contributed by atoms with E-state index in [4.69, 9.17) is 48.4 Å². The van der Waals surface area contributed by atoms with Crippen molar-refractivity contribution in [2.75, 3.05) is 108 Å². The van der Waals surface area contributed by atoms with Crippen molar-refractivity contribution in [1.82, 2.24) is 25.5 Å². The number of benzene rings is 4. The number of amides is 3. The van der Waals surface area contributed by atoms with Crippen molar-refractivity contribution in [2.45, 2.75) is 347 Å². The number of sulfone groups is 1. The molecule has 25 nitrogen and oxygen atoms in total. The van der Waals surface area contributed by atoms with Gasteiger partial charge >= 0.3 is 5.97 Å². The van der Waals surface area contributed by atoms with Crippen LogP contribution in [0.5, 0.6) is 5.75 Å². The standard InChI is InChI=1S/C23H35N3O2.C18H22N2O3S.C18H33NO2.C15H29NO2.C14H20N2O3.C12H22O4/c1-7-17(8-2)22(27)26-23(4,5)11-9-12-24-20-15-18(28-6)14-19-16(3)10-13-25-21(19)20;1-3-13(4-2)18(21)20-15-7-11-17(12-8-15)24(22,23)16-9-5-14(19)6-10-16;1-3-17(4-2)15-20-18(21-17)10-12-19(13-11-18)14-16-8-6-5-7-9-16;1-6-14(7-2)12-17-15(18-14)8-10-16(11-9-15)13(3,4)5;1-4-10(5-2)13(17)16-15-12-8-6-11(7-9-12)14(18)19-3;1-5-11(6-2)7-15-12(16-11)8-13-10(3,4)14-9-12/h10,13-15,17,24H,7-9,11-12H2,1-6H3,(H,26,27);5-13H,3-4,19H2,1-2H3,(H,20,21);16H,3-15H2,1-2H3;6-12H2,1-5H3;6-10,15H,4-5H2,1-3H3,(H,16,17);5-9H2,1-4H3. The number of anilines is 4. The fourth-order valence-corrected chi connectivity index (χ4v) is 18.5. The molecule has 3 amide bonds. The molecule has 7 fully saturated rings. The molecule has 126 heavy (non-hydrogen) atoms. The van der Waals surface area contributed by atoms with Gasteiger partial charge in [-0.3, -0.25) is 35.1 Å². The maximum absolute atomic E-state index is 12.6. The number of carbonyl (C=O) groups excluding carboxylic acids is 4. The summed E-state index contributed by atoms with van der Waals surface area (Å²) in [4.78, 5) is 57.5. The fraction of sp³-hybridized carbons (Fsp3) is 0.690. The highest BCUT2D eigenvalue weighted by Gasteiger charge is 2.54. The van der Waals surface area contributed by atoms with Gasteiger partial charge in [0.05, 0.1) is 83.1 Å². The van der Waals surface area contributed by atoms with Gasteiger partial charge in [0.15, 0.2) is 17.4 Å². The Hall–Kier alpha value is -7.08. The van der Waals surface area contributed by atoms with E-state index < -0.39 is 21.4 Å². The molecule has 0 bridgehead atoms. The van der Waals surface area contributed by atoms with E-state index in [0.717, 1.165) is 190 Å². The van der Waals surface area contributed by atoms with Crippen LogP contribution in [0.1, 0.15) is 295 Å². The minimum absolute atomic E-state index is 0.00839. The molecular formula is C100H161N9O16S. The Labute approximate surface area is 756 Å². The summed E-state index contributed by atoms with van der Waals surface area (Å²) in [6.07, 6.45) is 26.1. The number of piperidine rings is 2. The number of fused-ring (bicyclic) bond motifs is 1. The van der Waals surface area contributed by atoms with Gasteiger partial charge in [0.2, 0.25) is 33.3 Å². The highest BCUT2D eigenvalue weighted by molar-refractivity contribution is 7.91. The van der Waals surface area contributed by atoms with Crippen LogP contribution in [0.2, 0.25) is 0 Å². The molecule has 6 aliphatic heterocycles. The zero-order chi connectivity index (χ0) is 92.8. The molecule has 26 heteroatoms. The van der Waals surface area contributed by atoms with Crippen molar-refractivity contribution in [3.63, 3.8) is 0 Å². The van der Waals surface area contributed by atoms with Crippen LogP contribution < -0.4 is 37.3 Å². The largest absolute Gasteiger partial charge is 0.497 e. The lowest BCUT2D eigenvalue weighted by Crippen LogP contribution is -2.53. The number of aryl methyl sites for hydroxylation is 1.